The quantitative estimate of drug-likeness (QED) is 0.545. The van der Waals surface area contributed by atoms with Gasteiger partial charge in [-0.3, -0.25) is 4.79 Å². The zero-order valence-electron chi connectivity index (χ0n) is 16.8. The molecule has 0 aliphatic heterocycles. The summed E-state index contributed by atoms with van der Waals surface area (Å²) in [6.07, 6.45) is 2.43. The summed E-state index contributed by atoms with van der Waals surface area (Å²) in [6.45, 7) is 7.14. The lowest BCUT2D eigenvalue weighted by atomic mass is 10.00. The van der Waals surface area contributed by atoms with Gasteiger partial charge in [0.25, 0.3) is 0 Å². The SMILES string of the molecule is CCOC(=O)c1c(C=O)[nH]c(C(=O)OC(C)(C)C)c1CCCc1ccccc1. The molecule has 2 aromatic rings. The van der Waals surface area contributed by atoms with E-state index in [9.17, 15) is 14.4 Å². The normalized spacial score (nSPS) is 11.1. The number of rotatable bonds is 8. The monoisotopic (exact) mass is 385 g/mol. The van der Waals surface area contributed by atoms with Crippen molar-refractivity contribution in [3.63, 3.8) is 0 Å². The number of aromatic amines is 1. The van der Waals surface area contributed by atoms with Crippen LogP contribution in [0.25, 0.3) is 0 Å². The molecule has 1 heterocycles. The predicted octanol–water partition coefficient (Wildman–Crippen LogP) is 4.13. The Balaban J connectivity index is 2.36. The third-order valence-corrected chi connectivity index (χ3v) is 4.07. The van der Waals surface area contributed by atoms with E-state index in [1.165, 1.54) is 0 Å². The van der Waals surface area contributed by atoms with Crippen molar-refractivity contribution in [2.45, 2.75) is 52.6 Å². The Hall–Kier alpha value is -2.89. The van der Waals surface area contributed by atoms with Crippen LogP contribution >= 0.6 is 0 Å². The van der Waals surface area contributed by atoms with Crippen LogP contribution in [0.3, 0.4) is 0 Å². The van der Waals surface area contributed by atoms with E-state index >= 15 is 0 Å². The van der Waals surface area contributed by atoms with Gasteiger partial charge in [-0.2, -0.15) is 0 Å². The molecule has 28 heavy (non-hydrogen) atoms. The second-order valence-electron chi connectivity index (χ2n) is 7.45. The second-order valence-corrected chi connectivity index (χ2v) is 7.45. The number of nitrogens with one attached hydrogen (secondary N) is 1. The van der Waals surface area contributed by atoms with Gasteiger partial charge in [-0.05, 0) is 58.1 Å². The number of benzene rings is 1. The fraction of sp³-hybridized carbons (Fsp3) is 0.409. The first-order valence-electron chi connectivity index (χ1n) is 9.41. The van der Waals surface area contributed by atoms with Crippen LogP contribution in [0.4, 0.5) is 0 Å². The number of aldehydes is 1. The van der Waals surface area contributed by atoms with Gasteiger partial charge in [0.1, 0.15) is 11.3 Å². The number of carbonyl (C=O) groups is 3. The molecule has 0 atom stereocenters. The standard InChI is InChI=1S/C22H27NO5/c1-5-27-20(25)18-16(13-9-12-15-10-7-6-8-11-15)19(23-17(18)14-24)21(26)28-22(2,3)4/h6-8,10-11,14,23H,5,9,12-13H2,1-4H3. The maximum absolute atomic E-state index is 12.7. The smallest absolute Gasteiger partial charge is 0.355 e. The molecule has 6 nitrogen and oxygen atoms in total. The van der Waals surface area contributed by atoms with Gasteiger partial charge in [-0.25, -0.2) is 9.59 Å². The molecule has 0 unspecified atom stereocenters. The summed E-state index contributed by atoms with van der Waals surface area (Å²) in [4.78, 5) is 39.4. The van der Waals surface area contributed by atoms with E-state index in [1.807, 2.05) is 30.3 Å². The largest absolute Gasteiger partial charge is 0.462 e. The lowest BCUT2D eigenvalue weighted by Crippen LogP contribution is -2.25. The molecular formula is C22H27NO5. The maximum Gasteiger partial charge on any atom is 0.355 e. The predicted molar refractivity (Wildman–Crippen MR) is 106 cm³/mol. The zero-order chi connectivity index (χ0) is 20.7. The van der Waals surface area contributed by atoms with Crippen molar-refractivity contribution in [1.29, 1.82) is 0 Å². The number of aromatic nitrogens is 1. The molecule has 2 rings (SSSR count). The fourth-order valence-electron chi connectivity index (χ4n) is 2.95. The lowest BCUT2D eigenvalue weighted by Gasteiger charge is -2.19. The molecule has 0 spiro atoms. The molecule has 1 N–H and O–H groups in total. The van der Waals surface area contributed by atoms with E-state index < -0.39 is 17.5 Å². The number of ether oxygens (including phenoxy) is 2. The molecule has 6 heteroatoms. The van der Waals surface area contributed by atoms with Gasteiger partial charge >= 0.3 is 11.9 Å². The van der Waals surface area contributed by atoms with Gasteiger partial charge in [0.05, 0.1) is 17.9 Å². The van der Waals surface area contributed by atoms with E-state index in [2.05, 4.69) is 4.98 Å². The molecule has 0 bridgehead atoms. The molecule has 0 aliphatic rings. The van der Waals surface area contributed by atoms with E-state index in [4.69, 9.17) is 9.47 Å². The number of H-pyrrole nitrogens is 1. The molecule has 0 amide bonds. The van der Waals surface area contributed by atoms with Gasteiger partial charge in [-0.15, -0.1) is 0 Å². The molecule has 1 aromatic carbocycles. The van der Waals surface area contributed by atoms with Crippen molar-refractivity contribution in [3.05, 3.63) is 58.4 Å². The molecular weight excluding hydrogens is 358 g/mol. The Morgan fingerprint density at radius 3 is 2.32 bits per heavy atom. The van der Waals surface area contributed by atoms with Crippen LogP contribution in [0.1, 0.15) is 76.6 Å². The summed E-state index contributed by atoms with van der Waals surface area (Å²) in [7, 11) is 0. The van der Waals surface area contributed by atoms with Gasteiger partial charge < -0.3 is 14.5 Å². The Kier molecular flexibility index (Phi) is 7.15. The van der Waals surface area contributed by atoms with Gasteiger partial charge in [0, 0.05) is 0 Å². The van der Waals surface area contributed by atoms with Crippen LogP contribution in [-0.4, -0.2) is 35.4 Å². The van der Waals surface area contributed by atoms with Gasteiger partial charge in [-0.1, -0.05) is 30.3 Å². The summed E-state index contributed by atoms with van der Waals surface area (Å²) in [5.74, 6) is -1.22. The van der Waals surface area contributed by atoms with Crippen LogP contribution < -0.4 is 0 Å². The summed E-state index contributed by atoms with van der Waals surface area (Å²) in [5.41, 5.74) is 1.21. The van der Waals surface area contributed by atoms with Crippen LogP contribution in [0.5, 0.6) is 0 Å². The topological polar surface area (TPSA) is 85.5 Å². The molecule has 150 valence electrons. The van der Waals surface area contributed by atoms with Crippen LogP contribution in [-0.2, 0) is 22.3 Å². The average molecular weight is 385 g/mol. The summed E-state index contributed by atoms with van der Waals surface area (Å²) in [6, 6.07) is 9.92. The number of carbonyl (C=O) groups excluding carboxylic acids is 3. The first-order valence-corrected chi connectivity index (χ1v) is 9.41. The minimum atomic E-state index is -0.699. The first kappa shape index (κ1) is 21.4. The van der Waals surface area contributed by atoms with Gasteiger partial charge in [0.2, 0.25) is 0 Å². The highest BCUT2D eigenvalue weighted by Gasteiger charge is 2.29. The average Bonchev–Trinajstić information content (AvgIpc) is 3.00. The zero-order valence-corrected chi connectivity index (χ0v) is 16.8. The number of hydrogen-bond acceptors (Lipinski definition) is 5. The second kappa shape index (κ2) is 9.35. The minimum absolute atomic E-state index is 0.0361. The summed E-state index contributed by atoms with van der Waals surface area (Å²) in [5, 5.41) is 0. The van der Waals surface area contributed by atoms with Crippen molar-refractivity contribution in [2.75, 3.05) is 6.61 Å². The third kappa shape index (κ3) is 5.55. The number of aryl methyl sites for hydroxylation is 1. The molecule has 1 aromatic heterocycles. The third-order valence-electron chi connectivity index (χ3n) is 4.07. The molecule has 0 radical (unpaired) electrons. The van der Waals surface area contributed by atoms with E-state index in [-0.39, 0.29) is 23.6 Å². The first-order chi connectivity index (χ1) is 13.3. The number of esters is 2. The molecule has 0 saturated heterocycles. The van der Waals surface area contributed by atoms with Crippen molar-refractivity contribution in [1.82, 2.24) is 4.98 Å². The van der Waals surface area contributed by atoms with Crippen molar-refractivity contribution >= 4 is 18.2 Å². The van der Waals surface area contributed by atoms with Crippen LogP contribution in [0.15, 0.2) is 30.3 Å². The highest BCUT2D eigenvalue weighted by Crippen LogP contribution is 2.24. The van der Waals surface area contributed by atoms with Crippen molar-refractivity contribution < 1.29 is 23.9 Å². The molecule has 0 aliphatic carbocycles. The van der Waals surface area contributed by atoms with E-state index in [0.717, 1.165) is 12.0 Å². The van der Waals surface area contributed by atoms with E-state index in [1.54, 1.807) is 27.7 Å². The summed E-state index contributed by atoms with van der Waals surface area (Å²) < 4.78 is 10.5. The van der Waals surface area contributed by atoms with Crippen LogP contribution in [0, 0.1) is 0 Å². The Bertz CT molecular complexity index is 831. The van der Waals surface area contributed by atoms with Gasteiger partial charge in [0.15, 0.2) is 6.29 Å². The van der Waals surface area contributed by atoms with E-state index in [0.29, 0.717) is 24.7 Å². The van der Waals surface area contributed by atoms with Crippen LogP contribution in [0.2, 0.25) is 0 Å². The Morgan fingerprint density at radius 2 is 1.75 bits per heavy atom. The highest BCUT2D eigenvalue weighted by atomic mass is 16.6. The Morgan fingerprint density at radius 1 is 1.07 bits per heavy atom. The minimum Gasteiger partial charge on any atom is -0.462 e. The maximum atomic E-state index is 12.7. The Labute approximate surface area is 165 Å². The molecule has 0 fully saturated rings. The fourth-order valence-corrected chi connectivity index (χ4v) is 2.95. The summed E-state index contributed by atoms with van der Waals surface area (Å²) >= 11 is 0. The molecule has 0 saturated carbocycles. The van der Waals surface area contributed by atoms with Crippen molar-refractivity contribution in [2.24, 2.45) is 0 Å². The number of hydrogen-bond donors (Lipinski definition) is 1. The van der Waals surface area contributed by atoms with Crippen molar-refractivity contribution in [3.8, 4) is 0 Å². The highest BCUT2D eigenvalue weighted by molar-refractivity contribution is 6.03. The lowest BCUT2D eigenvalue weighted by molar-refractivity contribution is 0.00623.